The smallest absolute Gasteiger partial charge is 0.321 e. The van der Waals surface area contributed by atoms with E-state index in [4.69, 9.17) is 15.6 Å². The summed E-state index contributed by atoms with van der Waals surface area (Å²) in [5.74, 6) is -0.455. The average molecular weight is 553 g/mol. The van der Waals surface area contributed by atoms with Gasteiger partial charge >= 0.3 is 5.97 Å². The zero-order chi connectivity index (χ0) is 22.7. The second kappa shape index (κ2) is 9.63. The van der Waals surface area contributed by atoms with E-state index in [1.54, 1.807) is 37.3 Å². The highest BCUT2D eigenvalue weighted by atomic mass is 79.9. The van der Waals surface area contributed by atoms with Crippen molar-refractivity contribution < 1.29 is 19.7 Å². The Hall–Kier alpha value is -2.69. The standard InChI is InChI=1S/C21H19Br2N3O5/c1-10(19(24)21(29)30)11-8-15(22)20(16(23)9-11)31-14-3-4-17(27)12(7-14)6-13-2-5-18(28)26-25-13/h2-5,7-10,19,27H,6,24H2,1H3,(H,26,28)(H,29,30)/t10?,19-/m0/s1. The minimum Gasteiger partial charge on any atom is -0.508 e. The molecule has 0 amide bonds. The number of aromatic nitrogens is 2. The Labute approximate surface area is 194 Å². The van der Waals surface area contributed by atoms with Gasteiger partial charge < -0.3 is 20.7 Å². The lowest BCUT2D eigenvalue weighted by Gasteiger charge is -2.19. The van der Waals surface area contributed by atoms with Crippen LogP contribution in [0.2, 0.25) is 0 Å². The number of aliphatic carboxylic acids is 1. The van der Waals surface area contributed by atoms with Gasteiger partial charge in [-0.1, -0.05) is 6.92 Å². The van der Waals surface area contributed by atoms with Gasteiger partial charge in [-0.3, -0.25) is 9.59 Å². The lowest BCUT2D eigenvalue weighted by Crippen LogP contribution is -2.35. The zero-order valence-corrected chi connectivity index (χ0v) is 19.5. The number of H-pyrrole nitrogens is 1. The molecule has 0 aliphatic heterocycles. The number of benzene rings is 2. The number of phenols is 1. The van der Waals surface area contributed by atoms with E-state index in [2.05, 4.69) is 42.1 Å². The monoisotopic (exact) mass is 551 g/mol. The van der Waals surface area contributed by atoms with Gasteiger partial charge in [0.2, 0.25) is 0 Å². The maximum atomic E-state index is 11.2. The van der Waals surface area contributed by atoms with Gasteiger partial charge in [-0.15, -0.1) is 0 Å². The van der Waals surface area contributed by atoms with Gasteiger partial charge in [0.05, 0.1) is 14.6 Å². The molecule has 0 fully saturated rings. The fraction of sp³-hybridized carbons (Fsp3) is 0.190. The lowest BCUT2D eigenvalue weighted by atomic mass is 9.94. The molecule has 0 aliphatic carbocycles. The topological polar surface area (TPSA) is 139 Å². The highest BCUT2D eigenvalue weighted by molar-refractivity contribution is 9.11. The maximum absolute atomic E-state index is 11.2. The predicted octanol–water partition coefficient (Wildman–Crippen LogP) is 3.90. The molecule has 3 rings (SSSR count). The van der Waals surface area contributed by atoms with Crippen molar-refractivity contribution in [2.24, 2.45) is 5.73 Å². The van der Waals surface area contributed by atoms with Crippen molar-refractivity contribution in [2.75, 3.05) is 0 Å². The summed E-state index contributed by atoms with van der Waals surface area (Å²) in [6.07, 6.45) is 0.297. The Kier molecular flexibility index (Phi) is 7.14. The number of carbonyl (C=O) groups is 1. The van der Waals surface area contributed by atoms with E-state index in [0.29, 0.717) is 38.1 Å². The maximum Gasteiger partial charge on any atom is 0.321 e. The summed E-state index contributed by atoms with van der Waals surface area (Å²) in [6.45, 7) is 1.74. The summed E-state index contributed by atoms with van der Waals surface area (Å²) in [6, 6.07) is 10.3. The molecular formula is C21H19Br2N3O5. The molecule has 0 spiro atoms. The molecule has 0 saturated heterocycles. The second-order valence-electron chi connectivity index (χ2n) is 6.95. The Morgan fingerprint density at radius 3 is 2.45 bits per heavy atom. The van der Waals surface area contributed by atoms with Gasteiger partial charge in [0.25, 0.3) is 5.56 Å². The number of nitrogens with one attached hydrogen (secondary N) is 1. The van der Waals surface area contributed by atoms with Crippen LogP contribution in [0.25, 0.3) is 0 Å². The first-order valence-electron chi connectivity index (χ1n) is 9.17. The molecule has 1 heterocycles. The van der Waals surface area contributed by atoms with Gasteiger partial charge in [0.15, 0.2) is 5.75 Å². The van der Waals surface area contributed by atoms with Gasteiger partial charge in [0.1, 0.15) is 17.5 Å². The Morgan fingerprint density at radius 1 is 1.19 bits per heavy atom. The number of carboxylic acid groups (broad SMARTS) is 1. The lowest BCUT2D eigenvalue weighted by molar-refractivity contribution is -0.139. The summed E-state index contributed by atoms with van der Waals surface area (Å²) in [4.78, 5) is 22.3. The van der Waals surface area contributed by atoms with Crippen LogP contribution in [0, 0.1) is 0 Å². The molecule has 0 aliphatic rings. The second-order valence-corrected chi connectivity index (χ2v) is 8.66. The molecule has 3 aromatic rings. The quantitative estimate of drug-likeness (QED) is 0.348. The van der Waals surface area contributed by atoms with E-state index >= 15 is 0 Å². The predicted molar refractivity (Wildman–Crippen MR) is 122 cm³/mol. The number of nitrogens with two attached hydrogens (primary N) is 1. The molecule has 2 aromatic carbocycles. The SMILES string of the molecule is CC(c1cc(Br)c(Oc2ccc(O)c(Cc3ccc(=O)[nH]n3)c2)c(Br)c1)[C@H](N)C(=O)O. The van der Waals surface area contributed by atoms with Crippen LogP contribution in [0.15, 0.2) is 56.2 Å². The Bertz CT molecular complexity index is 1140. The van der Waals surface area contributed by atoms with Crippen LogP contribution in [0.3, 0.4) is 0 Å². The summed E-state index contributed by atoms with van der Waals surface area (Å²) >= 11 is 6.93. The number of ether oxygens (including phenoxy) is 1. The zero-order valence-electron chi connectivity index (χ0n) is 16.3. The van der Waals surface area contributed by atoms with Crippen LogP contribution in [-0.2, 0) is 11.2 Å². The number of rotatable bonds is 7. The van der Waals surface area contributed by atoms with E-state index in [1.165, 1.54) is 12.1 Å². The van der Waals surface area contributed by atoms with E-state index < -0.39 is 17.9 Å². The number of aromatic hydroxyl groups is 1. The largest absolute Gasteiger partial charge is 0.508 e. The van der Waals surface area contributed by atoms with Crippen molar-refractivity contribution in [3.8, 4) is 17.2 Å². The first kappa shape index (κ1) is 23.0. The van der Waals surface area contributed by atoms with E-state index in [9.17, 15) is 14.7 Å². The number of hydrogen-bond acceptors (Lipinski definition) is 6. The molecule has 5 N–H and O–H groups in total. The summed E-state index contributed by atoms with van der Waals surface area (Å²) in [7, 11) is 0. The minimum absolute atomic E-state index is 0.0744. The van der Waals surface area contributed by atoms with Crippen molar-refractivity contribution in [2.45, 2.75) is 25.3 Å². The van der Waals surface area contributed by atoms with Crippen LogP contribution in [0.4, 0.5) is 0 Å². The average Bonchev–Trinajstić information content (AvgIpc) is 2.73. The van der Waals surface area contributed by atoms with Gasteiger partial charge in [-0.05, 0) is 73.8 Å². The number of aromatic amines is 1. The molecule has 8 nitrogen and oxygen atoms in total. The molecule has 1 aromatic heterocycles. The van der Waals surface area contributed by atoms with Crippen LogP contribution in [0.5, 0.6) is 17.2 Å². The number of halogens is 2. The van der Waals surface area contributed by atoms with Gasteiger partial charge in [0, 0.05) is 24.0 Å². The van der Waals surface area contributed by atoms with Gasteiger partial charge in [-0.25, -0.2) is 5.10 Å². The number of phenolic OH excluding ortho intramolecular Hbond substituents is 1. The third-order valence-corrected chi connectivity index (χ3v) is 5.93. The van der Waals surface area contributed by atoms with Crippen molar-refractivity contribution in [3.05, 3.63) is 78.6 Å². The molecular weight excluding hydrogens is 534 g/mol. The summed E-state index contributed by atoms with van der Waals surface area (Å²) in [5.41, 5.74) is 7.33. The third kappa shape index (κ3) is 5.52. The van der Waals surface area contributed by atoms with Crippen LogP contribution < -0.4 is 16.0 Å². The molecule has 10 heteroatoms. The fourth-order valence-corrected chi connectivity index (χ4v) is 4.30. The molecule has 162 valence electrons. The molecule has 0 saturated carbocycles. The fourth-order valence-electron chi connectivity index (χ4n) is 2.91. The van der Waals surface area contributed by atoms with E-state index in [0.717, 1.165) is 5.56 Å². The summed E-state index contributed by atoms with van der Waals surface area (Å²) < 4.78 is 7.22. The van der Waals surface area contributed by atoms with Crippen LogP contribution in [-0.4, -0.2) is 32.4 Å². The van der Waals surface area contributed by atoms with Crippen molar-refractivity contribution in [1.29, 1.82) is 0 Å². The Morgan fingerprint density at radius 2 is 1.87 bits per heavy atom. The summed E-state index contributed by atoms with van der Waals surface area (Å²) in [5, 5.41) is 25.7. The normalized spacial score (nSPS) is 12.9. The van der Waals surface area contributed by atoms with Crippen molar-refractivity contribution in [1.82, 2.24) is 10.2 Å². The number of nitrogens with zero attached hydrogens (tertiary/aromatic N) is 1. The third-order valence-electron chi connectivity index (χ3n) is 4.75. The number of carboxylic acids is 1. The van der Waals surface area contributed by atoms with Crippen LogP contribution in [0.1, 0.15) is 29.7 Å². The molecule has 1 unspecified atom stereocenters. The molecule has 0 bridgehead atoms. The van der Waals surface area contributed by atoms with E-state index in [-0.39, 0.29) is 11.3 Å². The highest BCUT2D eigenvalue weighted by Gasteiger charge is 2.23. The Balaban J connectivity index is 1.86. The first-order chi connectivity index (χ1) is 14.7. The van der Waals surface area contributed by atoms with Gasteiger partial charge in [-0.2, -0.15) is 5.10 Å². The highest BCUT2D eigenvalue weighted by Crippen LogP contribution is 2.40. The minimum atomic E-state index is -1.08. The molecule has 31 heavy (non-hydrogen) atoms. The number of hydrogen-bond donors (Lipinski definition) is 4. The first-order valence-corrected chi connectivity index (χ1v) is 10.8. The molecule has 2 atom stereocenters. The van der Waals surface area contributed by atoms with Crippen molar-refractivity contribution >= 4 is 37.8 Å². The van der Waals surface area contributed by atoms with Crippen LogP contribution >= 0.6 is 31.9 Å². The molecule has 0 radical (unpaired) electrons. The van der Waals surface area contributed by atoms with Crippen molar-refractivity contribution in [3.63, 3.8) is 0 Å². The van der Waals surface area contributed by atoms with E-state index in [1.807, 2.05) is 0 Å².